The summed E-state index contributed by atoms with van der Waals surface area (Å²) in [4.78, 5) is 24.4. The van der Waals surface area contributed by atoms with Gasteiger partial charge in [-0.25, -0.2) is 0 Å². The SMILES string of the molecule is CCOc1ccc(CCOc2ccc(C(=O)n3c(C)cc4c(CC(=O)O)cccc43)cc2)cc1. The standard InChI is InChI=1S/C28H27NO5/c1-3-33-23-11-7-20(8-12-23)15-16-34-24-13-9-21(10-14-24)28(32)29-19(2)17-25-22(18-27(30)31)5-4-6-26(25)29/h4-14,17H,3,15-16,18H2,1-2H3,(H,30,31). The van der Waals surface area contributed by atoms with Crippen molar-refractivity contribution in [3.63, 3.8) is 0 Å². The molecule has 0 saturated heterocycles. The Hall–Kier alpha value is -4.06. The van der Waals surface area contributed by atoms with Gasteiger partial charge in [-0.2, -0.15) is 0 Å². The second kappa shape index (κ2) is 10.3. The number of rotatable bonds is 9. The van der Waals surface area contributed by atoms with Crippen LogP contribution >= 0.6 is 0 Å². The number of fused-ring (bicyclic) bond motifs is 1. The van der Waals surface area contributed by atoms with Crippen LogP contribution in [0.2, 0.25) is 0 Å². The van der Waals surface area contributed by atoms with Crippen LogP contribution in [0, 0.1) is 6.92 Å². The Labute approximate surface area is 198 Å². The van der Waals surface area contributed by atoms with Crippen molar-refractivity contribution in [3.8, 4) is 11.5 Å². The van der Waals surface area contributed by atoms with E-state index in [0.717, 1.165) is 28.8 Å². The lowest BCUT2D eigenvalue weighted by Gasteiger charge is -2.10. The molecule has 1 N–H and O–H groups in total. The number of carboxylic acid groups (broad SMARTS) is 1. The third-order valence-corrected chi connectivity index (χ3v) is 5.66. The van der Waals surface area contributed by atoms with E-state index in [9.17, 15) is 14.7 Å². The molecule has 1 aromatic heterocycles. The van der Waals surface area contributed by atoms with Crippen LogP contribution in [0.25, 0.3) is 10.9 Å². The maximum Gasteiger partial charge on any atom is 0.307 e. The molecule has 0 spiro atoms. The predicted octanol–water partition coefficient (Wildman–Crippen LogP) is 5.29. The van der Waals surface area contributed by atoms with Crippen LogP contribution in [0.3, 0.4) is 0 Å². The molecule has 0 atom stereocenters. The van der Waals surface area contributed by atoms with Gasteiger partial charge in [0.15, 0.2) is 0 Å². The fraction of sp³-hybridized carbons (Fsp3) is 0.214. The van der Waals surface area contributed by atoms with Crippen molar-refractivity contribution in [3.05, 3.63) is 95.2 Å². The highest BCUT2D eigenvalue weighted by atomic mass is 16.5. The van der Waals surface area contributed by atoms with E-state index in [1.165, 1.54) is 0 Å². The van der Waals surface area contributed by atoms with Crippen molar-refractivity contribution >= 4 is 22.8 Å². The van der Waals surface area contributed by atoms with Gasteiger partial charge in [-0.1, -0.05) is 24.3 Å². The first-order valence-electron chi connectivity index (χ1n) is 11.3. The lowest BCUT2D eigenvalue weighted by Crippen LogP contribution is -2.13. The molecule has 6 heteroatoms. The van der Waals surface area contributed by atoms with Gasteiger partial charge in [-0.05, 0) is 73.5 Å². The molecular weight excluding hydrogens is 430 g/mol. The first kappa shape index (κ1) is 23.1. The number of hydrogen-bond donors (Lipinski definition) is 1. The minimum absolute atomic E-state index is 0.0856. The molecule has 3 aromatic carbocycles. The highest BCUT2D eigenvalue weighted by Gasteiger charge is 2.17. The number of carboxylic acids is 1. The van der Waals surface area contributed by atoms with Gasteiger partial charge in [0.1, 0.15) is 11.5 Å². The summed E-state index contributed by atoms with van der Waals surface area (Å²) in [6.07, 6.45) is 0.679. The Morgan fingerprint density at radius 3 is 2.26 bits per heavy atom. The Kier molecular flexibility index (Phi) is 6.97. The van der Waals surface area contributed by atoms with E-state index in [-0.39, 0.29) is 12.3 Å². The molecule has 0 bridgehead atoms. The zero-order valence-corrected chi connectivity index (χ0v) is 19.3. The Morgan fingerprint density at radius 2 is 1.59 bits per heavy atom. The highest BCUT2D eigenvalue weighted by Crippen LogP contribution is 2.25. The van der Waals surface area contributed by atoms with E-state index in [4.69, 9.17) is 9.47 Å². The molecule has 0 fully saturated rings. The summed E-state index contributed by atoms with van der Waals surface area (Å²) in [5.74, 6) is 0.486. The minimum atomic E-state index is -0.901. The molecule has 0 aliphatic rings. The zero-order valence-electron chi connectivity index (χ0n) is 19.3. The molecule has 0 aliphatic heterocycles. The second-order valence-electron chi connectivity index (χ2n) is 8.05. The van der Waals surface area contributed by atoms with Crippen LogP contribution < -0.4 is 9.47 Å². The average Bonchev–Trinajstić information content (AvgIpc) is 3.17. The Bertz CT molecular complexity index is 1300. The van der Waals surface area contributed by atoms with Crippen LogP contribution in [0.1, 0.15) is 34.1 Å². The fourth-order valence-corrected chi connectivity index (χ4v) is 4.04. The summed E-state index contributed by atoms with van der Waals surface area (Å²) in [5.41, 5.74) is 3.84. The van der Waals surface area contributed by atoms with Crippen molar-refractivity contribution in [1.82, 2.24) is 4.57 Å². The highest BCUT2D eigenvalue weighted by molar-refractivity contribution is 6.04. The normalized spacial score (nSPS) is 10.9. The average molecular weight is 458 g/mol. The Morgan fingerprint density at radius 1 is 0.912 bits per heavy atom. The minimum Gasteiger partial charge on any atom is -0.494 e. The molecule has 0 amide bonds. The van der Waals surface area contributed by atoms with Gasteiger partial charge in [0.2, 0.25) is 0 Å². The summed E-state index contributed by atoms with van der Waals surface area (Å²) in [6, 6.07) is 22.3. The number of carbonyl (C=O) groups is 2. The van der Waals surface area contributed by atoms with Crippen molar-refractivity contribution in [2.24, 2.45) is 0 Å². The summed E-state index contributed by atoms with van der Waals surface area (Å²) in [6.45, 7) is 4.98. The number of aromatic nitrogens is 1. The van der Waals surface area contributed by atoms with E-state index in [2.05, 4.69) is 0 Å². The smallest absolute Gasteiger partial charge is 0.307 e. The van der Waals surface area contributed by atoms with Crippen LogP contribution in [-0.2, 0) is 17.6 Å². The van der Waals surface area contributed by atoms with Gasteiger partial charge in [-0.15, -0.1) is 0 Å². The van der Waals surface area contributed by atoms with E-state index in [0.29, 0.717) is 35.6 Å². The molecule has 174 valence electrons. The molecule has 34 heavy (non-hydrogen) atoms. The molecule has 0 aliphatic carbocycles. The van der Waals surface area contributed by atoms with Gasteiger partial charge in [0, 0.05) is 23.1 Å². The number of nitrogens with zero attached hydrogens (tertiary/aromatic N) is 1. The number of benzene rings is 3. The number of hydrogen-bond acceptors (Lipinski definition) is 4. The maximum atomic E-state index is 13.3. The summed E-state index contributed by atoms with van der Waals surface area (Å²) in [5, 5.41) is 9.96. The fourth-order valence-electron chi connectivity index (χ4n) is 4.04. The lowest BCUT2D eigenvalue weighted by atomic mass is 10.1. The molecule has 0 saturated carbocycles. The lowest BCUT2D eigenvalue weighted by molar-refractivity contribution is -0.136. The van der Waals surface area contributed by atoms with Crippen molar-refractivity contribution < 1.29 is 24.2 Å². The molecular formula is C28H27NO5. The van der Waals surface area contributed by atoms with Crippen LogP contribution in [0.15, 0.2) is 72.8 Å². The van der Waals surface area contributed by atoms with Crippen LogP contribution in [0.4, 0.5) is 0 Å². The van der Waals surface area contributed by atoms with Crippen molar-refractivity contribution in [1.29, 1.82) is 0 Å². The number of aryl methyl sites for hydroxylation is 1. The molecule has 1 heterocycles. The third-order valence-electron chi connectivity index (χ3n) is 5.66. The van der Waals surface area contributed by atoms with Gasteiger partial charge in [-0.3, -0.25) is 14.2 Å². The Balaban J connectivity index is 1.43. The summed E-state index contributed by atoms with van der Waals surface area (Å²) < 4.78 is 12.9. The largest absolute Gasteiger partial charge is 0.494 e. The van der Waals surface area contributed by atoms with Crippen molar-refractivity contribution in [2.75, 3.05) is 13.2 Å². The van der Waals surface area contributed by atoms with E-state index >= 15 is 0 Å². The van der Waals surface area contributed by atoms with E-state index < -0.39 is 5.97 Å². The maximum absolute atomic E-state index is 13.3. The molecule has 6 nitrogen and oxygen atoms in total. The molecule has 0 unspecified atom stereocenters. The molecule has 4 rings (SSSR count). The zero-order chi connectivity index (χ0) is 24.1. The number of ether oxygens (including phenoxy) is 2. The second-order valence-corrected chi connectivity index (χ2v) is 8.05. The van der Waals surface area contributed by atoms with Gasteiger partial charge in [0.25, 0.3) is 5.91 Å². The third kappa shape index (κ3) is 5.12. The predicted molar refractivity (Wildman–Crippen MR) is 131 cm³/mol. The monoisotopic (exact) mass is 457 g/mol. The van der Waals surface area contributed by atoms with Crippen LogP contribution in [0.5, 0.6) is 11.5 Å². The number of carbonyl (C=O) groups excluding carboxylic acids is 1. The summed E-state index contributed by atoms with van der Waals surface area (Å²) >= 11 is 0. The van der Waals surface area contributed by atoms with E-state index in [1.807, 2.05) is 50.2 Å². The van der Waals surface area contributed by atoms with Gasteiger partial charge >= 0.3 is 5.97 Å². The first-order valence-corrected chi connectivity index (χ1v) is 11.3. The quantitative estimate of drug-likeness (QED) is 0.370. The van der Waals surface area contributed by atoms with Crippen molar-refractivity contribution in [2.45, 2.75) is 26.7 Å². The summed E-state index contributed by atoms with van der Waals surface area (Å²) in [7, 11) is 0. The molecule has 0 radical (unpaired) electrons. The topological polar surface area (TPSA) is 77.8 Å². The van der Waals surface area contributed by atoms with Gasteiger partial charge in [0.05, 0.1) is 25.2 Å². The van der Waals surface area contributed by atoms with Gasteiger partial charge < -0.3 is 14.6 Å². The first-order chi connectivity index (χ1) is 16.5. The van der Waals surface area contributed by atoms with Crippen LogP contribution in [-0.4, -0.2) is 34.8 Å². The number of aliphatic carboxylic acids is 1. The molecule has 4 aromatic rings. The van der Waals surface area contributed by atoms with E-state index in [1.54, 1.807) is 41.0 Å².